The molecule has 0 amide bonds. The lowest BCUT2D eigenvalue weighted by Gasteiger charge is -2.26. The number of hydrogen-bond acceptors (Lipinski definition) is 0. The summed E-state index contributed by atoms with van der Waals surface area (Å²) in [5.74, 6) is 1.42. The van der Waals surface area contributed by atoms with Crippen LogP contribution in [-0.2, 0) is 0 Å². The summed E-state index contributed by atoms with van der Waals surface area (Å²) in [4.78, 5) is 0. The van der Waals surface area contributed by atoms with Gasteiger partial charge in [0.25, 0.3) is 0 Å². The Labute approximate surface area is 124 Å². The van der Waals surface area contributed by atoms with E-state index in [4.69, 9.17) is 0 Å². The highest BCUT2D eigenvalue weighted by Crippen LogP contribution is 2.32. The minimum atomic E-state index is -0.148. The summed E-state index contributed by atoms with van der Waals surface area (Å²) in [6, 6.07) is 5.25. The fourth-order valence-electron chi connectivity index (χ4n) is 2.95. The van der Waals surface area contributed by atoms with Crippen LogP contribution >= 0.6 is 15.9 Å². The summed E-state index contributed by atoms with van der Waals surface area (Å²) in [5, 5.41) is 0. The van der Waals surface area contributed by atoms with Gasteiger partial charge in [-0.25, -0.2) is 4.39 Å². The third kappa shape index (κ3) is 4.45. The molecule has 0 radical (unpaired) electrons. The molecule has 0 spiro atoms. The van der Waals surface area contributed by atoms with Crippen molar-refractivity contribution < 1.29 is 4.39 Å². The smallest absolute Gasteiger partial charge is 0.131 e. The standard InChI is InChI=1S/C17H22BrF/c1-2-3-13-4-6-14(7-5-13)8-9-15-10-11-16(18)12-17(15)19/h8-14H,2-7H2,1H3. The van der Waals surface area contributed by atoms with Gasteiger partial charge in [0.2, 0.25) is 0 Å². The third-order valence-corrected chi connectivity index (χ3v) is 4.59. The Balaban J connectivity index is 1.89. The van der Waals surface area contributed by atoms with Crippen molar-refractivity contribution in [1.29, 1.82) is 0 Å². The molecule has 0 nitrogen and oxygen atoms in total. The van der Waals surface area contributed by atoms with Crippen LogP contribution in [0.15, 0.2) is 28.7 Å². The van der Waals surface area contributed by atoms with Gasteiger partial charge in [0.1, 0.15) is 5.82 Å². The first-order valence-electron chi connectivity index (χ1n) is 7.32. The topological polar surface area (TPSA) is 0 Å². The monoisotopic (exact) mass is 324 g/mol. The van der Waals surface area contributed by atoms with Gasteiger partial charge in [0.15, 0.2) is 0 Å². The molecule has 0 bridgehead atoms. The van der Waals surface area contributed by atoms with Gasteiger partial charge in [-0.15, -0.1) is 0 Å². The number of benzene rings is 1. The molecule has 0 aliphatic heterocycles. The van der Waals surface area contributed by atoms with Crippen LogP contribution in [0.4, 0.5) is 4.39 Å². The molecule has 1 aromatic carbocycles. The van der Waals surface area contributed by atoms with E-state index in [0.717, 1.165) is 10.4 Å². The molecule has 104 valence electrons. The maximum Gasteiger partial charge on any atom is 0.131 e. The van der Waals surface area contributed by atoms with Gasteiger partial charge >= 0.3 is 0 Å². The normalized spacial score (nSPS) is 23.9. The van der Waals surface area contributed by atoms with Crippen molar-refractivity contribution in [3.8, 4) is 0 Å². The van der Waals surface area contributed by atoms with Crippen LogP contribution in [0.2, 0.25) is 0 Å². The van der Waals surface area contributed by atoms with Crippen LogP contribution in [-0.4, -0.2) is 0 Å². The average Bonchev–Trinajstić information content (AvgIpc) is 2.40. The quantitative estimate of drug-likeness (QED) is 0.617. The van der Waals surface area contributed by atoms with Crippen molar-refractivity contribution in [2.45, 2.75) is 45.4 Å². The number of rotatable bonds is 4. The van der Waals surface area contributed by atoms with Crippen molar-refractivity contribution in [2.75, 3.05) is 0 Å². The van der Waals surface area contributed by atoms with E-state index in [1.165, 1.54) is 44.6 Å². The summed E-state index contributed by atoms with van der Waals surface area (Å²) >= 11 is 3.28. The molecule has 19 heavy (non-hydrogen) atoms. The first-order valence-corrected chi connectivity index (χ1v) is 8.11. The second-order valence-corrected chi connectivity index (χ2v) is 6.51. The Morgan fingerprint density at radius 2 is 2.00 bits per heavy atom. The molecule has 2 heteroatoms. The molecule has 0 heterocycles. The molecular weight excluding hydrogens is 303 g/mol. The molecule has 1 fully saturated rings. The molecule has 0 atom stereocenters. The summed E-state index contributed by atoms with van der Waals surface area (Å²) in [7, 11) is 0. The van der Waals surface area contributed by atoms with Gasteiger partial charge in [-0.1, -0.05) is 53.9 Å². The highest BCUT2D eigenvalue weighted by Gasteiger charge is 2.18. The Kier molecular flexibility index (Phi) is 5.62. The van der Waals surface area contributed by atoms with Gasteiger partial charge in [-0.3, -0.25) is 0 Å². The minimum Gasteiger partial charge on any atom is -0.206 e. The van der Waals surface area contributed by atoms with E-state index in [1.807, 2.05) is 18.2 Å². The Morgan fingerprint density at radius 1 is 1.26 bits per heavy atom. The van der Waals surface area contributed by atoms with Crippen molar-refractivity contribution >= 4 is 22.0 Å². The second-order valence-electron chi connectivity index (χ2n) is 5.59. The maximum atomic E-state index is 13.7. The van der Waals surface area contributed by atoms with Gasteiger partial charge < -0.3 is 0 Å². The molecule has 0 unspecified atom stereocenters. The van der Waals surface area contributed by atoms with E-state index in [9.17, 15) is 4.39 Å². The van der Waals surface area contributed by atoms with E-state index >= 15 is 0 Å². The van der Waals surface area contributed by atoms with Gasteiger partial charge in [0.05, 0.1) is 0 Å². The van der Waals surface area contributed by atoms with E-state index in [1.54, 1.807) is 0 Å². The Bertz CT molecular complexity index is 431. The minimum absolute atomic E-state index is 0.148. The van der Waals surface area contributed by atoms with Crippen molar-refractivity contribution in [3.05, 3.63) is 40.1 Å². The summed E-state index contributed by atoms with van der Waals surface area (Å²) in [6.07, 6.45) is 12.0. The SMILES string of the molecule is CCCC1CCC(C=Cc2ccc(Br)cc2F)CC1. The zero-order valence-electron chi connectivity index (χ0n) is 11.5. The predicted molar refractivity (Wildman–Crippen MR) is 83.5 cm³/mol. The van der Waals surface area contributed by atoms with Crippen LogP contribution in [0.5, 0.6) is 0 Å². The van der Waals surface area contributed by atoms with Crippen LogP contribution in [0, 0.1) is 17.7 Å². The van der Waals surface area contributed by atoms with Crippen LogP contribution in [0.25, 0.3) is 6.08 Å². The zero-order chi connectivity index (χ0) is 13.7. The molecule has 1 aromatic rings. The molecule has 2 rings (SSSR count). The fraction of sp³-hybridized carbons (Fsp3) is 0.529. The molecule has 1 saturated carbocycles. The summed E-state index contributed by atoms with van der Waals surface area (Å²) in [6.45, 7) is 2.27. The molecule has 1 aliphatic carbocycles. The number of hydrogen-bond donors (Lipinski definition) is 0. The van der Waals surface area contributed by atoms with E-state index in [0.29, 0.717) is 11.5 Å². The van der Waals surface area contributed by atoms with Gasteiger partial charge in [-0.2, -0.15) is 0 Å². The Hall–Kier alpha value is -0.630. The highest BCUT2D eigenvalue weighted by molar-refractivity contribution is 9.10. The van der Waals surface area contributed by atoms with Crippen LogP contribution in [0.1, 0.15) is 51.0 Å². The first-order chi connectivity index (χ1) is 9.19. The van der Waals surface area contributed by atoms with Crippen LogP contribution < -0.4 is 0 Å². The van der Waals surface area contributed by atoms with E-state index < -0.39 is 0 Å². The fourth-order valence-corrected chi connectivity index (χ4v) is 3.29. The van der Waals surface area contributed by atoms with Gasteiger partial charge in [0, 0.05) is 10.0 Å². The lowest BCUT2D eigenvalue weighted by molar-refractivity contribution is 0.295. The lowest BCUT2D eigenvalue weighted by Crippen LogP contribution is -2.12. The number of allylic oxidation sites excluding steroid dienone is 1. The largest absolute Gasteiger partial charge is 0.206 e. The molecule has 0 aromatic heterocycles. The third-order valence-electron chi connectivity index (χ3n) is 4.10. The molecular formula is C17H22BrF. The maximum absolute atomic E-state index is 13.7. The van der Waals surface area contributed by atoms with Crippen LogP contribution in [0.3, 0.4) is 0 Å². The molecule has 1 aliphatic rings. The number of halogens is 2. The first kappa shape index (κ1) is 14.8. The average molecular weight is 325 g/mol. The van der Waals surface area contributed by atoms with Gasteiger partial charge in [-0.05, 0) is 49.7 Å². The lowest BCUT2D eigenvalue weighted by atomic mass is 9.80. The molecule has 0 N–H and O–H groups in total. The second kappa shape index (κ2) is 7.23. The molecule has 0 saturated heterocycles. The summed E-state index contributed by atoms with van der Waals surface area (Å²) in [5.41, 5.74) is 0.693. The Morgan fingerprint density at radius 3 is 2.63 bits per heavy atom. The summed E-state index contributed by atoms with van der Waals surface area (Å²) < 4.78 is 14.5. The highest BCUT2D eigenvalue weighted by atomic mass is 79.9. The van der Waals surface area contributed by atoms with E-state index in [2.05, 4.69) is 28.9 Å². The van der Waals surface area contributed by atoms with Crippen molar-refractivity contribution in [1.82, 2.24) is 0 Å². The van der Waals surface area contributed by atoms with Crippen molar-refractivity contribution in [3.63, 3.8) is 0 Å². The van der Waals surface area contributed by atoms with E-state index in [-0.39, 0.29) is 5.82 Å². The zero-order valence-corrected chi connectivity index (χ0v) is 13.1. The van der Waals surface area contributed by atoms with Crippen molar-refractivity contribution in [2.24, 2.45) is 11.8 Å². The predicted octanol–water partition coefficient (Wildman–Crippen LogP) is 6.21.